The third-order valence-corrected chi connectivity index (χ3v) is 7.67. The smallest absolute Gasteiger partial charge is 0.312 e. The maximum atomic E-state index is 14.1. The number of halogens is 1. The van der Waals surface area contributed by atoms with E-state index in [1.54, 1.807) is 42.2 Å². The summed E-state index contributed by atoms with van der Waals surface area (Å²) in [4.78, 5) is 44.2. The molecule has 0 aromatic heterocycles. The Balaban J connectivity index is 1.62. The highest BCUT2D eigenvalue weighted by molar-refractivity contribution is 6.30. The van der Waals surface area contributed by atoms with Crippen LogP contribution < -0.4 is 4.90 Å². The number of carbonyl (C=O) groups is 3. The normalized spacial score (nSPS) is 34.5. The molecule has 186 valence electrons. The van der Waals surface area contributed by atoms with Crippen LogP contribution in [0.2, 0.25) is 5.02 Å². The summed E-state index contributed by atoms with van der Waals surface area (Å²) in [6, 6.07) is 5.20. The van der Waals surface area contributed by atoms with E-state index in [1.807, 2.05) is 18.2 Å². The first kappa shape index (κ1) is 24.0. The molecule has 5 rings (SSSR count). The van der Waals surface area contributed by atoms with Gasteiger partial charge in [0.1, 0.15) is 17.6 Å². The van der Waals surface area contributed by atoms with Crippen molar-refractivity contribution >= 4 is 35.1 Å². The Bertz CT molecular complexity index is 1070. The van der Waals surface area contributed by atoms with Crippen molar-refractivity contribution < 1.29 is 29.0 Å². The Labute approximate surface area is 209 Å². The van der Waals surface area contributed by atoms with Gasteiger partial charge in [0.15, 0.2) is 0 Å². The van der Waals surface area contributed by atoms with E-state index >= 15 is 0 Å². The van der Waals surface area contributed by atoms with E-state index in [4.69, 9.17) is 21.1 Å². The molecule has 8 nitrogen and oxygen atoms in total. The van der Waals surface area contributed by atoms with E-state index in [9.17, 15) is 19.5 Å². The number of aliphatic hydroxyl groups is 1. The SMILES string of the molecule is C[C@H](CO)N1C(=O)[C@@H]2[C@H]3C(=O)OCCCC/C=C\[C@H]3O[C@@]23C=CCN(c2ccc(Cl)cc2)C(=O)C13. The maximum absolute atomic E-state index is 14.1. The van der Waals surface area contributed by atoms with Crippen LogP contribution in [0, 0.1) is 11.8 Å². The van der Waals surface area contributed by atoms with E-state index in [0.717, 1.165) is 19.3 Å². The summed E-state index contributed by atoms with van der Waals surface area (Å²) >= 11 is 6.05. The molecule has 4 aliphatic heterocycles. The van der Waals surface area contributed by atoms with Gasteiger partial charge in [-0.1, -0.05) is 35.9 Å². The first-order valence-corrected chi connectivity index (χ1v) is 12.5. The monoisotopic (exact) mass is 500 g/mol. The lowest BCUT2D eigenvalue weighted by Crippen LogP contribution is -2.57. The van der Waals surface area contributed by atoms with Gasteiger partial charge in [0.2, 0.25) is 5.91 Å². The van der Waals surface area contributed by atoms with Gasteiger partial charge in [-0.3, -0.25) is 14.4 Å². The van der Waals surface area contributed by atoms with Crippen molar-refractivity contribution in [1.82, 2.24) is 4.90 Å². The molecule has 6 atom stereocenters. The van der Waals surface area contributed by atoms with Crippen LogP contribution in [0.1, 0.15) is 26.2 Å². The van der Waals surface area contributed by atoms with Crippen LogP contribution in [0.5, 0.6) is 0 Å². The second kappa shape index (κ2) is 9.41. The Hall–Kier alpha value is -2.68. The first-order valence-electron chi connectivity index (χ1n) is 12.1. The lowest BCUT2D eigenvalue weighted by atomic mass is 9.78. The van der Waals surface area contributed by atoms with Crippen molar-refractivity contribution in [3.8, 4) is 0 Å². The predicted octanol–water partition coefficient (Wildman–Crippen LogP) is 2.49. The fourth-order valence-corrected chi connectivity index (χ4v) is 5.90. The summed E-state index contributed by atoms with van der Waals surface area (Å²) in [6.07, 6.45) is 9.13. The van der Waals surface area contributed by atoms with Crippen molar-refractivity contribution in [2.45, 2.75) is 50.0 Å². The molecule has 1 spiro atoms. The highest BCUT2D eigenvalue weighted by atomic mass is 35.5. The fraction of sp³-hybridized carbons (Fsp3) is 0.500. The Morgan fingerprint density at radius 3 is 2.66 bits per heavy atom. The fourth-order valence-electron chi connectivity index (χ4n) is 5.77. The molecule has 1 aromatic carbocycles. The summed E-state index contributed by atoms with van der Waals surface area (Å²) in [5.41, 5.74) is -0.726. The first-order chi connectivity index (χ1) is 16.9. The zero-order chi connectivity index (χ0) is 24.7. The molecule has 2 saturated heterocycles. The number of benzene rings is 1. The van der Waals surface area contributed by atoms with Gasteiger partial charge in [-0.2, -0.15) is 0 Å². The molecule has 1 unspecified atom stereocenters. The molecular formula is C26H29ClN2O6. The minimum Gasteiger partial charge on any atom is -0.465 e. The van der Waals surface area contributed by atoms with Crippen LogP contribution in [0.25, 0.3) is 0 Å². The van der Waals surface area contributed by atoms with Crippen LogP contribution in [-0.2, 0) is 23.9 Å². The summed E-state index contributed by atoms with van der Waals surface area (Å²) in [6.45, 7) is 1.90. The van der Waals surface area contributed by atoms with Crippen molar-refractivity contribution in [2.24, 2.45) is 11.8 Å². The standard InChI is InChI=1S/C26H29ClN2O6/c1-16(15-30)29-22-24(32)28(18-10-8-17(27)9-11-18)13-6-12-26(22)21(23(29)31)20-19(35-26)7-4-2-3-5-14-34-25(20)33/h4,6-12,16,19-22,30H,2-3,5,13-15H2,1H3/b7-4-/t16-,19-,20+,21+,22?,26+/m1/s1. The van der Waals surface area contributed by atoms with Crippen LogP contribution in [0.3, 0.4) is 0 Å². The third-order valence-electron chi connectivity index (χ3n) is 7.42. The van der Waals surface area contributed by atoms with Crippen molar-refractivity contribution in [2.75, 3.05) is 24.7 Å². The number of hydrogen-bond acceptors (Lipinski definition) is 6. The van der Waals surface area contributed by atoms with Crippen molar-refractivity contribution in [3.05, 3.63) is 53.6 Å². The topological polar surface area (TPSA) is 96.4 Å². The van der Waals surface area contributed by atoms with Crippen LogP contribution in [-0.4, -0.2) is 71.3 Å². The molecular weight excluding hydrogens is 472 g/mol. The van der Waals surface area contributed by atoms with E-state index in [-0.39, 0.29) is 31.6 Å². The summed E-state index contributed by atoms with van der Waals surface area (Å²) in [5.74, 6) is -3.03. The van der Waals surface area contributed by atoms with E-state index in [0.29, 0.717) is 10.7 Å². The Kier molecular flexibility index (Phi) is 6.46. The molecule has 4 aliphatic rings. The highest BCUT2D eigenvalue weighted by Crippen LogP contribution is 2.53. The lowest BCUT2D eigenvalue weighted by Gasteiger charge is -2.37. The minimum absolute atomic E-state index is 0.264. The molecule has 1 aromatic rings. The Morgan fingerprint density at radius 2 is 1.91 bits per heavy atom. The zero-order valence-electron chi connectivity index (χ0n) is 19.5. The van der Waals surface area contributed by atoms with Crippen LogP contribution in [0.4, 0.5) is 5.69 Å². The van der Waals surface area contributed by atoms with Gasteiger partial charge in [0, 0.05) is 17.3 Å². The predicted molar refractivity (Wildman–Crippen MR) is 129 cm³/mol. The maximum Gasteiger partial charge on any atom is 0.312 e. The van der Waals surface area contributed by atoms with Gasteiger partial charge in [-0.05, 0) is 50.5 Å². The van der Waals surface area contributed by atoms with Gasteiger partial charge in [0.05, 0.1) is 31.3 Å². The summed E-state index contributed by atoms with van der Waals surface area (Å²) in [7, 11) is 0. The molecule has 35 heavy (non-hydrogen) atoms. The molecule has 1 N–H and O–H groups in total. The molecule has 0 aliphatic carbocycles. The number of likely N-dealkylation sites (tertiary alicyclic amines) is 1. The van der Waals surface area contributed by atoms with Crippen molar-refractivity contribution in [3.63, 3.8) is 0 Å². The van der Waals surface area contributed by atoms with E-state index in [2.05, 4.69) is 0 Å². The third kappa shape index (κ3) is 3.88. The van der Waals surface area contributed by atoms with Crippen LogP contribution in [0.15, 0.2) is 48.6 Å². The number of rotatable bonds is 3. The number of esters is 1. The minimum atomic E-state index is -1.36. The lowest BCUT2D eigenvalue weighted by molar-refractivity contribution is -0.155. The molecule has 2 fully saturated rings. The number of anilines is 1. The number of allylic oxidation sites excluding steroid dienone is 1. The molecule has 0 saturated carbocycles. The molecule has 2 amide bonds. The number of ether oxygens (including phenoxy) is 2. The average molecular weight is 501 g/mol. The zero-order valence-corrected chi connectivity index (χ0v) is 20.3. The number of cyclic esters (lactones) is 1. The number of nitrogens with zero attached hydrogens (tertiary/aromatic N) is 2. The average Bonchev–Trinajstić information content (AvgIpc) is 3.24. The number of aliphatic hydroxyl groups excluding tert-OH is 1. The van der Waals surface area contributed by atoms with Gasteiger partial charge in [-0.25, -0.2) is 0 Å². The molecule has 0 radical (unpaired) electrons. The quantitative estimate of drug-likeness (QED) is 0.506. The van der Waals surface area contributed by atoms with Gasteiger partial charge >= 0.3 is 5.97 Å². The number of fused-ring (bicyclic) bond motifs is 2. The van der Waals surface area contributed by atoms with E-state index in [1.165, 1.54) is 4.90 Å². The second-order valence-corrected chi connectivity index (χ2v) is 9.97. The molecule has 4 heterocycles. The number of hydrogen-bond donors (Lipinski definition) is 1. The summed E-state index contributed by atoms with van der Waals surface area (Å²) in [5, 5.41) is 10.5. The summed E-state index contributed by atoms with van der Waals surface area (Å²) < 4.78 is 12.1. The highest BCUT2D eigenvalue weighted by Gasteiger charge is 2.72. The van der Waals surface area contributed by atoms with E-state index < -0.39 is 41.6 Å². The number of carbonyl (C=O) groups excluding carboxylic acids is 3. The number of amides is 2. The molecule has 0 bridgehead atoms. The second-order valence-electron chi connectivity index (χ2n) is 9.54. The molecule has 9 heteroatoms. The van der Waals surface area contributed by atoms with Crippen molar-refractivity contribution in [1.29, 1.82) is 0 Å². The van der Waals surface area contributed by atoms with Crippen LogP contribution >= 0.6 is 11.6 Å². The van der Waals surface area contributed by atoms with Gasteiger partial charge in [-0.15, -0.1) is 0 Å². The largest absolute Gasteiger partial charge is 0.465 e. The van der Waals surface area contributed by atoms with Gasteiger partial charge in [0.25, 0.3) is 5.91 Å². The van der Waals surface area contributed by atoms with Gasteiger partial charge < -0.3 is 24.4 Å². The Morgan fingerprint density at radius 1 is 1.14 bits per heavy atom.